The van der Waals surface area contributed by atoms with E-state index in [4.69, 9.17) is 5.11 Å². The van der Waals surface area contributed by atoms with Crippen molar-refractivity contribution in [2.24, 2.45) is 0 Å². The second kappa shape index (κ2) is 3.91. The minimum atomic E-state index is -0.859. The Bertz CT molecular complexity index is 334. The highest BCUT2D eigenvalue weighted by Crippen LogP contribution is 2.19. The van der Waals surface area contributed by atoms with Gasteiger partial charge in [-0.2, -0.15) is 0 Å². The van der Waals surface area contributed by atoms with Gasteiger partial charge >= 0.3 is 5.97 Å². The van der Waals surface area contributed by atoms with E-state index in [0.717, 1.165) is 12.7 Å². The van der Waals surface area contributed by atoms with Crippen molar-refractivity contribution < 1.29 is 9.90 Å². The molecule has 0 radical (unpaired) electrons. The fourth-order valence-electron chi connectivity index (χ4n) is 0.877. The molecule has 0 bridgehead atoms. The number of aryl methyl sites for hydroxylation is 1. The zero-order valence-corrected chi connectivity index (χ0v) is 10.6. The summed E-state index contributed by atoms with van der Waals surface area (Å²) in [5.41, 5.74) is 1.20. The first-order valence-electron chi connectivity index (χ1n) is 3.21. The molecule has 2 nitrogen and oxygen atoms in total. The van der Waals surface area contributed by atoms with Crippen LogP contribution in [0, 0.1) is 14.1 Å². The fourth-order valence-corrected chi connectivity index (χ4v) is 1.97. The van der Waals surface area contributed by atoms with E-state index >= 15 is 0 Å². The Kier molecular flexibility index (Phi) is 3.33. The topological polar surface area (TPSA) is 37.3 Å². The molecule has 4 heteroatoms. The molecule has 0 atom stereocenters. The van der Waals surface area contributed by atoms with Crippen molar-refractivity contribution in [1.82, 2.24) is 0 Å². The molecule has 0 aliphatic heterocycles. The van der Waals surface area contributed by atoms with Gasteiger partial charge < -0.3 is 5.11 Å². The highest BCUT2D eigenvalue weighted by molar-refractivity contribution is 14.1. The van der Waals surface area contributed by atoms with Crippen LogP contribution in [0.25, 0.3) is 0 Å². The van der Waals surface area contributed by atoms with E-state index < -0.39 is 5.97 Å². The van der Waals surface area contributed by atoms with E-state index in [9.17, 15) is 4.79 Å². The third-order valence-electron chi connectivity index (χ3n) is 1.50. The Morgan fingerprint density at radius 3 is 2.33 bits per heavy atom. The maximum atomic E-state index is 10.7. The summed E-state index contributed by atoms with van der Waals surface area (Å²) in [7, 11) is 0. The van der Waals surface area contributed by atoms with Crippen LogP contribution in [-0.2, 0) is 0 Å². The number of carboxylic acid groups (broad SMARTS) is 1. The molecule has 12 heavy (non-hydrogen) atoms. The first-order chi connectivity index (χ1) is 5.52. The van der Waals surface area contributed by atoms with Gasteiger partial charge in [-0.15, -0.1) is 0 Å². The Morgan fingerprint density at radius 1 is 1.33 bits per heavy atom. The van der Waals surface area contributed by atoms with Crippen LogP contribution in [0.1, 0.15) is 15.9 Å². The summed E-state index contributed by atoms with van der Waals surface area (Å²) < 4.78 is 2.08. The summed E-state index contributed by atoms with van der Waals surface area (Å²) in [6.07, 6.45) is 0. The summed E-state index contributed by atoms with van der Waals surface area (Å²) in [4.78, 5) is 10.7. The number of benzene rings is 1. The molecule has 1 rings (SSSR count). The van der Waals surface area contributed by atoms with E-state index in [2.05, 4.69) is 45.2 Å². The van der Waals surface area contributed by atoms with Crippen LogP contribution in [-0.4, -0.2) is 11.1 Å². The Hall–Kier alpha value is 0.150. The minimum Gasteiger partial charge on any atom is -0.478 e. The van der Waals surface area contributed by atoms with Crippen LogP contribution < -0.4 is 0 Å². The number of carboxylic acids is 1. The van der Waals surface area contributed by atoms with Gasteiger partial charge in [-0.25, -0.2) is 4.79 Å². The number of hydrogen-bond acceptors (Lipinski definition) is 1. The van der Waals surface area contributed by atoms with Crippen LogP contribution >= 0.6 is 45.2 Å². The standard InChI is InChI=1S/C8H6I2O2/c1-4-2-6(9)7(10)3-5(4)8(11)12/h2-3H,1H3,(H,11,12). The van der Waals surface area contributed by atoms with Crippen molar-refractivity contribution in [3.8, 4) is 0 Å². The lowest BCUT2D eigenvalue weighted by atomic mass is 10.1. The summed E-state index contributed by atoms with van der Waals surface area (Å²) in [5.74, 6) is -0.859. The molecule has 0 aliphatic rings. The fraction of sp³-hybridized carbons (Fsp3) is 0.125. The Labute approximate surface area is 97.6 Å². The van der Waals surface area contributed by atoms with Crippen molar-refractivity contribution in [3.63, 3.8) is 0 Å². The molecular formula is C8H6I2O2. The van der Waals surface area contributed by atoms with E-state index in [1.165, 1.54) is 0 Å². The molecule has 1 N–H and O–H groups in total. The van der Waals surface area contributed by atoms with Gasteiger partial charge in [0.2, 0.25) is 0 Å². The van der Waals surface area contributed by atoms with Crippen LogP contribution in [0.4, 0.5) is 0 Å². The van der Waals surface area contributed by atoms with Crippen molar-refractivity contribution in [2.75, 3.05) is 0 Å². The summed E-state index contributed by atoms with van der Waals surface area (Å²) in [6.45, 7) is 1.81. The molecule has 0 saturated carbocycles. The first kappa shape index (κ1) is 10.2. The Morgan fingerprint density at radius 2 is 1.83 bits per heavy atom. The van der Waals surface area contributed by atoms with Gasteiger partial charge in [-0.1, -0.05) is 0 Å². The van der Waals surface area contributed by atoms with E-state index in [1.54, 1.807) is 6.07 Å². The predicted molar refractivity (Wildman–Crippen MR) is 63.6 cm³/mol. The lowest BCUT2D eigenvalue weighted by Gasteiger charge is -2.02. The Balaban J connectivity index is 3.33. The van der Waals surface area contributed by atoms with E-state index in [0.29, 0.717) is 5.56 Å². The zero-order chi connectivity index (χ0) is 9.30. The highest BCUT2D eigenvalue weighted by Gasteiger charge is 2.09. The second-order valence-electron chi connectivity index (χ2n) is 2.39. The molecule has 1 aromatic rings. The van der Waals surface area contributed by atoms with Gasteiger partial charge in [0.15, 0.2) is 0 Å². The summed E-state index contributed by atoms with van der Waals surface area (Å²) >= 11 is 4.32. The third kappa shape index (κ3) is 2.09. The number of aromatic carboxylic acids is 1. The van der Waals surface area contributed by atoms with Gasteiger partial charge in [-0.05, 0) is 69.8 Å². The number of rotatable bonds is 1. The zero-order valence-electron chi connectivity index (χ0n) is 6.27. The monoisotopic (exact) mass is 388 g/mol. The molecule has 0 aromatic heterocycles. The van der Waals surface area contributed by atoms with Crippen molar-refractivity contribution in [1.29, 1.82) is 0 Å². The first-order valence-corrected chi connectivity index (χ1v) is 5.37. The average molecular weight is 388 g/mol. The third-order valence-corrected chi connectivity index (χ3v) is 4.31. The quantitative estimate of drug-likeness (QED) is 0.752. The number of halogens is 2. The summed E-state index contributed by atoms with van der Waals surface area (Å²) in [5, 5.41) is 8.78. The SMILES string of the molecule is Cc1cc(I)c(I)cc1C(=O)O. The van der Waals surface area contributed by atoms with Crippen molar-refractivity contribution in [3.05, 3.63) is 30.4 Å². The molecular weight excluding hydrogens is 382 g/mol. The van der Waals surface area contributed by atoms with Crippen LogP contribution in [0.2, 0.25) is 0 Å². The number of hydrogen-bond donors (Lipinski definition) is 1. The van der Waals surface area contributed by atoms with Crippen molar-refractivity contribution in [2.45, 2.75) is 6.92 Å². The normalized spacial score (nSPS) is 9.92. The molecule has 0 heterocycles. The van der Waals surface area contributed by atoms with Crippen LogP contribution in [0.15, 0.2) is 12.1 Å². The molecule has 0 amide bonds. The molecule has 0 unspecified atom stereocenters. The largest absolute Gasteiger partial charge is 0.478 e. The van der Waals surface area contributed by atoms with Gasteiger partial charge in [0, 0.05) is 7.14 Å². The van der Waals surface area contributed by atoms with Crippen LogP contribution in [0.3, 0.4) is 0 Å². The van der Waals surface area contributed by atoms with Crippen LogP contribution in [0.5, 0.6) is 0 Å². The van der Waals surface area contributed by atoms with E-state index in [1.807, 2.05) is 13.0 Å². The smallest absolute Gasteiger partial charge is 0.335 e. The second-order valence-corrected chi connectivity index (χ2v) is 4.71. The van der Waals surface area contributed by atoms with Gasteiger partial charge in [0.25, 0.3) is 0 Å². The maximum Gasteiger partial charge on any atom is 0.335 e. The van der Waals surface area contributed by atoms with E-state index in [-0.39, 0.29) is 0 Å². The lowest BCUT2D eigenvalue weighted by molar-refractivity contribution is 0.0696. The number of carbonyl (C=O) groups is 1. The molecule has 0 saturated heterocycles. The highest BCUT2D eigenvalue weighted by atomic mass is 127. The van der Waals surface area contributed by atoms with Gasteiger partial charge in [0.05, 0.1) is 5.56 Å². The average Bonchev–Trinajstić information content (AvgIpc) is 1.96. The van der Waals surface area contributed by atoms with Gasteiger partial charge in [-0.3, -0.25) is 0 Å². The minimum absolute atomic E-state index is 0.389. The summed E-state index contributed by atoms with van der Waals surface area (Å²) in [6, 6.07) is 3.58. The molecule has 0 spiro atoms. The van der Waals surface area contributed by atoms with Gasteiger partial charge in [0.1, 0.15) is 0 Å². The lowest BCUT2D eigenvalue weighted by Crippen LogP contribution is -2.01. The maximum absolute atomic E-state index is 10.7. The predicted octanol–water partition coefficient (Wildman–Crippen LogP) is 2.90. The van der Waals surface area contributed by atoms with Crippen molar-refractivity contribution >= 4 is 51.2 Å². The molecule has 0 fully saturated rings. The molecule has 64 valence electrons. The molecule has 1 aromatic carbocycles. The molecule has 0 aliphatic carbocycles.